The number of hydrogen-bond acceptors (Lipinski definition) is 3. The van der Waals surface area contributed by atoms with Gasteiger partial charge in [-0.1, -0.05) is 6.07 Å². The van der Waals surface area contributed by atoms with E-state index >= 15 is 0 Å². The monoisotopic (exact) mass is 236 g/mol. The van der Waals surface area contributed by atoms with Crippen LogP contribution in [0.25, 0.3) is 0 Å². The average Bonchev–Trinajstić information content (AvgIpc) is 2.23. The molecule has 1 aromatic carbocycles. The molecule has 1 rings (SSSR count). The van der Waals surface area contributed by atoms with Crippen LogP contribution < -0.4 is 11.1 Å². The molecular formula is C13H20N2O2. The highest BCUT2D eigenvalue weighted by Gasteiger charge is 2.08. The summed E-state index contributed by atoms with van der Waals surface area (Å²) in [6.45, 7) is 6.85. The molecule has 4 nitrogen and oxygen atoms in total. The second-order valence-corrected chi connectivity index (χ2v) is 4.27. The summed E-state index contributed by atoms with van der Waals surface area (Å²) < 4.78 is 5.33. The van der Waals surface area contributed by atoms with Gasteiger partial charge in [0.15, 0.2) is 0 Å². The Morgan fingerprint density at radius 3 is 2.76 bits per heavy atom. The first-order valence-corrected chi connectivity index (χ1v) is 5.76. The van der Waals surface area contributed by atoms with Crippen molar-refractivity contribution in [1.29, 1.82) is 0 Å². The van der Waals surface area contributed by atoms with E-state index in [0.717, 1.165) is 5.56 Å². The molecule has 1 amide bonds. The highest BCUT2D eigenvalue weighted by Crippen LogP contribution is 2.13. The maximum atomic E-state index is 11.8. The van der Waals surface area contributed by atoms with E-state index in [2.05, 4.69) is 5.32 Å². The van der Waals surface area contributed by atoms with Crippen molar-refractivity contribution in [2.24, 2.45) is 0 Å². The lowest BCUT2D eigenvalue weighted by Gasteiger charge is -2.10. The summed E-state index contributed by atoms with van der Waals surface area (Å²) in [4.78, 5) is 11.8. The fraction of sp³-hybridized carbons (Fsp3) is 0.462. The molecule has 0 saturated heterocycles. The zero-order valence-electron chi connectivity index (χ0n) is 10.6. The van der Waals surface area contributed by atoms with Gasteiger partial charge in [-0.15, -0.1) is 0 Å². The third-order valence-electron chi connectivity index (χ3n) is 2.29. The van der Waals surface area contributed by atoms with Crippen molar-refractivity contribution in [3.8, 4) is 0 Å². The number of benzene rings is 1. The molecule has 0 atom stereocenters. The minimum absolute atomic E-state index is 0.158. The Kier molecular flexibility index (Phi) is 4.97. The van der Waals surface area contributed by atoms with Gasteiger partial charge in [0.25, 0.3) is 5.91 Å². The minimum atomic E-state index is -0.158. The fourth-order valence-corrected chi connectivity index (χ4v) is 1.44. The topological polar surface area (TPSA) is 64.3 Å². The van der Waals surface area contributed by atoms with Crippen molar-refractivity contribution < 1.29 is 9.53 Å². The second-order valence-electron chi connectivity index (χ2n) is 4.27. The van der Waals surface area contributed by atoms with E-state index in [1.807, 2.05) is 26.8 Å². The van der Waals surface area contributed by atoms with Gasteiger partial charge in [0.1, 0.15) is 0 Å². The number of rotatable bonds is 5. The molecule has 0 unspecified atom stereocenters. The lowest BCUT2D eigenvalue weighted by molar-refractivity contribution is 0.0747. The number of carbonyl (C=O) groups excluding carboxylic acids is 1. The van der Waals surface area contributed by atoms with Crippen LogP contribution in [0.5, 0.6) is 0 Å². The number of nitrogens with two attached hydrogens (primary N) is 1. The Balaban J connectivity index is 2.47. The summed E-state index contributed by atoms with van der Waals surface area (Å²) in [7, 11) is 0. The number of aryl methyl sites for hydroxylation is 1. The van der Waals surface area contributed by atoms with Crippen molar-refractivity contribution >= 4 is 11.6 Å². The smallest absolute Gasteiger partial charge is 0.253 e. The zero-order chi connectivity index (χ0) is 12.8. The van der Waals surface area contributed by atoms with Crippen LogP contribution in [-0.4, -0.2) is 25.2 Å². The van der Waals surface area contributed by atoms with Crippen LogP contribution in [0.1, 0.15) is 29.8 Å². The van der Waals surface area contributed by atoms with Crippen LogP contribution in [-0.2, 0) is 4.74 Å². The van der Waals surface area contributed by atoms with Gasteiger partial charge in [0, 0.05) is 12.2 Å². The molecule has 0 aromatic heterocycles. The van der Waals surface area contributed by atoms with Crippen molar-refractivity contribution in [2.45, 2.75) is 26.9 Å². The van der Waals surface area contributed by atoms with Gasteiger partial charge >= 0.3 is 0 Å². The molecule has 1 aromatic rings. The maximum absolute atomic E-state index is 11.8. The molecule has 4 heteroatoms. The molecule has 0 heterocycles. The molecule has 94 valence electrons. The van der Waals surface area contributed by atoms with Crippen molar-refractivity contribution in [3.63, 3.8) is 0 Å². The van der Waals surface area contributed by atoms with E-state index in [-0.39, 0.29) is 12.0 Å². The normalized spacial score (nSPS) is 10.6. The molecule has 3 N–H and O–H groups in total. The molecule has 0 aliphatic carbocycles. The van der Waals surface area contributed by atoms with Crippen LogP contribution >= 0.6 is 0 Å². The highest BCUT2D eigenvalue weighted by atomic mass is 16.5. The lowest BCUT2D eigenvalue weighted by atomic mass is 10.1. The Morgan fingerprint density at radius 1 is 1.47 bits per heavy atom. The summed E-state index contributed by atoms with van der Waals surface area (Å²) in [6, 6.07) is 5.40. The fourth-order valence-electron chi connectivity index (χ4n) is 1.44. The van der Waals surface area contributed by atoms with Crippen LogP contribution in [0.2, 0.25) is 0 Å². The van der Waals surface area contributed by atoms with Gasteiger partial charge in [-0.25, -0.2) is 0 Å². The first-order valence-electron chi connectivity index (χ1n) is 5.76. The number of carbonyl (C=O) groups is 1. The summed E-state index contributed by atoms with van der Waals surface area (Å²) in [5.41, 5.74) is 7.85. The summed E-state index contributed by atoms with van der Waals surface area (Å²) in [6.07, 6.45) is 0.177. The predicted octanol–water partition coefficient (Wildman–Crippen LogP) is 1.73. The zero-order valence-corrected chi connectivity index (χ0v) is 10.6. The van der Waals surface area contributed by atoms with E-state index in [4.69, 9.17) is 10.5 Å². The Morgan fingerprint density at radius 2 is 2.18 bits per heavy atom. The van der Waals surface area contributed by atoms with E-state index < -0.39 is 0 Å². The minimum Gasteiger partial charge on any atom is -0.398 e. The van der Waals surface area contributed by atoms with Crippen molar-refractivity contribution in [2.75, 3.05) is 18.9 Å². The number of hydrogen-bond donors (Lipinski definition) is 2. The Bertz CT molecular complexity index is 389. The van der Waals surface area contributed by atoms with Gasteiger partial charge < -0.3 is 15.8 Å². The average molecular weight is 236 g/mol. The third-order valence-corrected chi connectivity index (χ3v) is 2.29. The van der Waals surface area contributed by atoms with Gasteiger partial charge in [0.2, 0.25) is 0 Å². The molecular weight excluding hydrogens is 216 g/mol. The van der Waals surface area contributed by atoms with Crippen LogP contribution in [0.4, 0.5) is 5.69 Å². The van der Waals surface area contributed by atoms with Gasteiger partial charge in [0.05, 0.1) is 18.3 Å². The molecule has 0 aliphatic heterocycles. The van der Waals surface area contributed by atoms with Gasteiger partial charge in [-0.3, -0.25) is 4.79 Å². The lowest BCUT2D eigenvalue weighted by Crippen LogP contribution is -2.28. The second kappa shape index (κ2) is 6.25. The van der Waals surface area contributed by atoms with E-state index in [0.29, 0.717) is 24.4 Å². The summed E-state index contributed by atoms with van der Waals surface area (Å²) in [5, 5.41) is 2.77. The maximum Gasteiger partial charge on any atom is 0.253 e. The first-order chi connectivity index (χ1) is 8.00. The van der Waals surface area contributed by atoms with E-state index in [9.17, 15) is 4.79 Å². The summed E-state index contributed by atoms with van der Waals surface area (Å²) >= 11 is 0. The van der Waals surface area contributed by atoms with E-state index in [1.54, 1.807) is 12.1 Å². The highest BCUT2D eigenvalue weighted by molar-refractivity contribution is 5.99. The van der Waals surface area contributed by atoms with Crippen LogP contribution in [0.15, 0.2) is 18.2 Å². The largest absolute Gasteiger partial charge is 0.398 e. The molecule has 0 radical (unpaired) electrons. The summed E-state index contributed by atoms with van der Waals surface area (Å²) in [5.74, 6) is -0.158. The van der Waals surface area contributed by atoms with Crippen LogP contribution in [0.3, 0.4) is 0 Å². The first kappa shape index (κ1) is 13.5. The third kappa shape index (κ3) is 4.44. The SMILES string of the molecule is Cc1ccc(C(=O)NCCOC(C)C)c(N)c1. The number of nitrogen functional groups attached to an aromatic ring is 1. The Labute approximate surface area is 102 Å². The van der Waals surface area contributed by atoms with E-state index in [1.165, 1.54) is 0 Å². The molecule has 0 fully saturated rings. The van der Waals surface area contributed by atoms with Crippen molar-refractivity contribution in [1.82, 2.24) is 5.32 Å². The molecule has 17 heavy (non-hydrogen) atoms. The van der Waals surface area contributed by atoms with Gasteiger partial charge in [-0.2, -0.15) is 0 Å². The standard InChI is InChI=1S/C13H20N2O2/c1-9(2)17-7-6-15-13(16)11-5-4-10(3)8-12(11)14/h4-5,8-9H,6-7,14H2,1-3H3,(H,15,16). The number of amides is 1. The predicted molar refractivity (Wildman–Crippen MR) is 69.0 cm³/mol. The quantitative estimate of drug-likeness (QED) is 0.604. The number of nitrogens with one attached hydrogen (secondary N) is 1. The molecule has 0 aliphatic rings. The van der Waals surface area contributed by atoms with Crippen molar-refractivity contribution in [3.05, 3.63) is 29.3 Å². The Hall–Kier alpha value is -1.55. The molecule has 0 spiro atoms. The molecule has 0 saturated carbocycles. The van der Waals surface area contributed by atoms with Crippen LogP contribution in [0, 0.1) is 6.92 Å². The molecule has 0 bridgehead atoms. The number of ether oxygens (including phenoxy) is 1. The number of anilines is 1. The van der Waals surface area contributed by atoms with Gasteiger partial charge in [-0.05, 0) is 38.5 Å².